The lowest BCUT2D eigenvalue weighted by Crippen LogP contribution is -2.30. The fraction of sp³-hybridized carbons (Fsp3) is 0.296. The number of hydrogen-bond donors (Lipinski definition) is 1. The molecule has 0 saturated heterocycles. The molecule has 0 spiro atoms. The minimum absolute atomic E-state index is 0.162. The summed E-state index contributed by atoms with van der Waals surface area (Å²) in [6.45, 7) is 4.38. The Hall–Kier alpha value is -3.03. The van der Waals surface area contributed by atoms with Gasteiger partial charge >= 0.3 is 0 Å². The molecule has 1 unspecified atom stereocenters. The van der Waals surface area contributed by atoms with Crippen LogP contribution < -0.4 is 14.4 Å². The van der Waals surface area contributed by atoms with Crippen LogP contribution in [0.1, 0.15) is 47.8 Å². The molecule has 3 rings (SSSR count). The van der Waals surface area contributed by atoms with E-state index < -0.39 is 10.0 Å². The monoisotopic (exact) mass is 514 g/mol. The minimum atomic E-state index is -3.54. The summed E-state index contributed by atoms with van der Waals surface area (Å²) in [5.41, 5.74) is 2.73. The van der Waals surface area contributed by atoms with Gasteiger partial charge in [-0.05, 0) is 72.0 Å². The fourth-order valence-corrected chi connectivity index (χ4v) is 4.78. The molecule has 8 heteroatoms. The highest BCUT2D eigenvalue weighted by Gasteiger charge is 2.20. The molecule has 1 atom stereocenters. The predicted molar refractivity (Wildman–Crippen MR) is 142 cm³/mol. The molecule has 3 aromatic carbocycles. The van der Waals surface area contributed by atoms with E-state index in [0.29, 0.717) is 22.2 Å². The zero-order valence-corrected chi connectivity index (χ0v) is 21.9. The number of anilines is 1. The maximum Gasteiger partial charge on any atom is 0.251 e. The molecule has 0 heterocycles. The molecule has 0 bridgehead atoms. The van der Waals surface area contributed by atoms with Gasteiger partial charge in [0, 0.05) is 10.6 Å². The number of rotatable bonds is 10. The topological polar surface area (TPSA) is 75.7 Å². The first-order chi connectivity index (χ1) is 16.6. The quantitative estimate of drug-likeness (QED) is 0.369. The second-order valence-electron chi connectivity index (χ2n) is 8.87. The van der Waals surface area contributed by atoms with E-state index >= 15 is 0 Å². The van der Waals surface area contributed by atoms with Gasteiger partial charge in [0.1, 0.15) is 5.75 Å². The van der Waals surface area contributed by atoms with E-state index in [1.165, 1.54) is 4.31 Å². The van der Waals surface area contributed by atoms with Gasteiger partial charge in [0.25, 0.3) is 5.91 Å². The summed E-state index contributed by atoms with van der Waals surface area (Å²) >= 11 is 5.94. The van der Waals surface area contributed by atoms with Crippen molar-refractivity contribution in [3.8, 4) is 5.75 Å². The van der Waals surface area contributed by atoms with Crippen molar-refractivity contribution in [2.75, 3.05) is 17.7 Å². The number of nitrogens with zero attached hydrogens (tertiary/aromatic N) is 1. The van der Waals surface area contributed by atoms with Crippen LogP contribution in [0.25, 0.3) is 0 Å². The third kappa shape index (κ3) is 7.47. The summed E-state index contributed by atoms with van der Waals surface area (Å²) in [7, 11) is -1.93. The normalized spacial score (nSPS) is 12.3. The smallest absolute Gasteiger partial charge is 0.251 e. The molecule has 186 valence electrons. The summed E-state index contributed by atoms with van der Waals surface area (Å²) in [5.74, 6) is 0.913. The maximum atomic E-state index is 13.1. The van der Waals surface area contributed by atoms with Gasteiger partial charge in [-0.25, -0.2) is 8.42 Å². The van der Waals surface area contributed by atoms with Gasteiger partial charge in [-0.3, -0.25) is 9.10 Å². The van der Waals surface area contributed by atoms with Crippen molar-refractivity contribution in [2.24, 2.45) is 5.92 Å². The molecule has 0 aliphatic carbocycles. The zero-order valence-electron chi connectivity index (χ0n) is 20.4. The van der Waals surface area contributed by atoms with Gasteiger partial charge in [-0.1, -0.05) is 49.7 Å². The van der Waals surface area contributed by atoms with Crippen LogP contribution in [0.5, 0.6) is 5.75 Å². The Bertz CT molecular complexity index is 1230. The summed E-state index contributed by atoms with van der Waals surface area (Å²) in [6, 6.07) is 21.1. The highest BCUT2D eigenvalue weighted by atomic mass is 35.5. The van der Waals surface area contributed by atoms with Crippen LogP contribution in [0.3, 0.4) is 0 Å². The van der Waals surface area contributed by atoms with E-state index in [-0.39, 0.29) is 18.5 Å². The molecular weight excluding hydrogens is 484 g/mol. The standard InChI is InChI=1S/C27H31ClN2O4S/c1-19(2)17-26(21-9-15-25(34-3)16-10-21)29-27(31)22-7-13-24(14-8-22)30(35(4,32)33)18-20-5-11-23(28)12-6-20/h5-16,19,26H,17-18H2,1-4H3,(H,29,31). The lowest BCUT2D eigenvalue weighted by Gasteiger charge is -2.23. The van der Waals surface area contributed by atoms with Gasteiger partial charge in [0.2, 0.25) is 10.0 Å². The second kappa shape index (κ2) is 11.6. The molecular formula is C27H31ClN2O4S. The van der Waals surface area contributed by atoms with E-state index in [2.05, 4.69) is 19.2 Å². The number of sulfonamides is 1. The van der Waals surface area contributed by atoms with Gasteiger partial charge < -0.3 is 10.1 Å². The van der Waals surface area contributed by atoms with E-state index in [9.17, 15) is 13.2 Å². The SMILES string of the molecule is COc1ccc(C(CC(C)C)NC(=O)c2ccc(N(Cc3ccc(Cl)cc3)S(C)(=O)=O)cc2)cc1. The van der Waals surface area contributed by atoms with Crippen LogP contribution in [0.2, 0.25) is 5.02 Å². The molecule has 6 nitrogen and oxygen atoms in total. The summed E-state index contributed by atoms with van der Waals surface area (Å²) < 4.78 is 31.5. The van der Waals surface area contributed by atoms with Crippen molar-refractivity contribution in [2.45, 2.75) is 32.9 Å². The molecule has 35 heavy (non-hydrogen) atoms. The number of ether oxygens (including phenoxy) is 1. The number of carbonyl (C=O) groups excluding carboxylic acids is 1. The van der Waals surface area contributed by atoms with Gasteiger partial charge in [-0.15, -0.1) is 0 Å². The number of amides is 1. The van der Waals surface area contributed by atoms with Crippen LogP contribution in [-0.2, 0) is 16.6 Å². The lowest BCUT2D eigenvalue weighted by atomic mass is 9.96. The second-order valence-corrected chi connectivity index (χ2v) is 11.2. The van der Waals surface area contributed by atoms with Crippen molar-refractivity contribution in [1.29, 1.82) is 0 Å². The molecule has 0 fully saturated rings. The Labute approximate surface area is 212 Å². The highest BCUT2D eigenvalue weighted by Crippen LogP contribution is 2.25. The molecule has 1 N–H and O–H groups in total. The van der Waals surface area contributed by atoms with Gasteiger partial charge in [-0.2, -0.15) is 0 Å². The minimum Gasteiger partial charge on any atom is -0.497 e. The Morgan fingerprint density at radius 2 is 1.57 bits per heavy atom. The Kier molecular flexibility index (Phi) is 8.81. The molecule has 0 radical (unpaired) electrons. The van der Waals surface area contributed by atoms with E-state index in [1.807, 2.05) is 24.3 Å². The molecule has 0 aromatic heterocycles. The van der Waals surface area contributed by atoms with Crippen molar-refractivity contribution < 1.29 is 17.9 Å². The summed E-state index contributed by atoms with van der Waals surface area (Å²) in [4.78, 5) is 13.1. The lowest BCUT2D eigenvalue weighted by molar-refractivity contribution is 0.0932. The average Bonchev–Trinajstić information content (AvgIpc) is 2.82. The fourth-order valence-electron chi connectivity index (χ4n) is 3.76. The van der Waals surface area contributed by atoms with Crippen molar-refractivity contribution >= 4 is 33.2 Å². The van der Waals surface area contributed by atoms with Crippen LogP contribution in [0.15, 0.2) is 72.8 Å². The number of benzene rings is 3. The number of nitrogens with one attached hydrogen (secondary N) is 1. The molecule has 1 amide bonds. The van der Waals surface area contributed by atoms with E-state index in [1.54, 1.807) is 55.6 Å². The first-order valence-electron chi connectivity index (χ1n) is 11.3. The number of methoxy groups -OCH3 is 1. The number of hydrogen-bond acceptors (Lipinski definition) is 4. The molecule has 0 saturated carbocycles. The van der Waals surface area contributed by atoms with Crippen LogP contribution in [0, 0.1) is 5.92 Å². The maximum absolute atomic E-state index is 13.1. The largest absolute Gasteiger partial charge is 0.497 e. The average molecular weight is 515 g/mol. The molecule has 3 aromatic rings. The number of carbonyl (C=O) groups is 1. The molecule has 0 aliphatic heterocycles. The Balaban J connectivity index is 1.79. The van der Waals surface area contributed by atoms with Gasteiger partial charge in [0.15, 0.2) is 0 Å². The summed E-state index contributed by atoms with van der Waals surface area (Å²) in [6.07, 6.45) is 1.94. The predicted octanol–water partition coefficient (Wildman–Crippen LogP) is 5.83. The highest BCUT2D eigenvalue weighted by molar-refractivity contribution is 7.92. The van der Waals surface area contributed by atoms with Crippen molar-refractivity contribution in [3.05, 3.63) is 94.5 Å². The van der Waals surface area contributed by atoms with E-state index in [0.717, 1.165) is 29.6 Å². The zero-order chi connectivity index (χ0) is 25.6. The van der Waals surface area contributed by atoms with Gasteiger partial charge in [0.05, 0.1) is 31.6 Å². The van der Waals surface area contributed by atoms with Crippen LogP contribution in [-0.4, -0.2) is 27.7 Å². The van der Waals surface area contributed by atoms with Crippen molar-refractivity contribution in [3.63, 3.8) is 0 Å². The first-order valence-corrected chi connectivity index (χ1v) is 13.6. The van der Waals surface area contributed by atoms with Crippen molar-refractivity contribution in [1.82, 2.24) is 5.32 Å². The Morgan fingerprint density at radius 3 is 2.09 bits per heavy atom. The third-order valence-corrected chi connectivity index (χ3v) is 6.98. The van der Waals surface area contributed by atoms with Crippen LogP contribution in [0.4, 0.5) is 5.69 Å². The first kappa shape index (κ1) is 26.6. The Morgan fingerprint density at radius 1 is 0.971 bits per heavy atom. The molecule has 0 aliphatic rings. The number of halogens is 1. The van der Waals surface area contributed by atoms with Crippen LogP contribution >= 0.6 is 11.6 Å². The summed E-state index contributed by atoms with van der Waals surface area (Å²) in [5, 5.41) is 3.70. The third-order valence-electron chi connectivity index (χ3n) is 5.59. The van der Waals surface area contributed by atoms with E-state index in [4.69, 9.17) is 16.3 Å².